The number of aromatic nitrogens is 2. The van der Waals surface area contributed by atoms with Crippen LogP contribution in [0, 0.1) is 5.82 Å². The van der Waals surface area contributed by atoms with Gasteiger partial charge in [-0.25, -0.2) is 14.4 Å². The molecule has 0 unspecified atom stereocenters. The molecule has 7 nitrogen and oxygen atoms in total. The molecule has 1 aromatic heterocycles. The summed E-state index contributed by atoms with van der Waals surface area (Å²) in [7, 11) is 0. The zero-order chi connectivity index (χ0) is 20.1. The van der Waals surface area contributed by atoms with Crippen molar-refractivity contribution >= 4 is 28.8 Å². The van der Waals surface area contributed by atoms with Gasteiger partial charge in [-0.3, -0.25) is 4.79 Å². The molecule has 2 aromatic carbocycles. The third-order valence-corrected chi connectivity index (χ3v) is 4.49. The highest BCUT2D eigenvalue weighted by Crippen LogP contribution is 2.28. The fourth-order valence-corrected chi connectivity index (χ4v) is 3.07. The van der Waals surface area contributed by atoms with E-state index < -0.39 is 11.7 Å². The van der Waals surface area contributed by atoms with E-state index in [-0.39, 0.29) is 5.69 Å². The monoisotopic (exact) mass is 393 g/mol. The molecule has 3 aromatic rings. The molecule has 1 fully saturated rings. The number of nitrogens with zero attached hydrogens (tertiary/aromatic N) is 3. The van der Waals surface area contributed by atoms with Crippen LogP contribution in [0.2, 0.25) is 0 Å². The standard InChI is InChI=1S/C21H20FN5O2/c22-15-4-3-5-16(12-15)25-21(28)18-13-24-20(14-23-18)26-17-6-1-2-7-19(17)27-8-10-29-11-9-27/h1-7,12-14H,8-11H2,(H,24,26)(H,25,28). The van der Waals surface area contributed by atoms with E-state index in [0.717, 1.165) is 24.5 Å². The lowest BCUT2D eigenvalue weighted by molar-refractivity contribution is 0.102. The molecule has 0 radical (unpaired) electrons. The van der Waals surface area contributed by atoms with Gasteiger partial charge in [0.25, 0.3) is 5.91 Å². The Hall–Kier alpha value is -3.52. The number of para-hydroxylation sites is 2. The summed E-state index contributed by atoms with van der Waals surface area (Å²) in [4.78, 5) is 23.0. The van der Waals surface area contributed by atoms with Gasteiger partial charge in [-0.15, -0.1) is 0 Å². The third kappa shape index (κ3) is 4.67. The van der Waals surface area contributed by atoms with Gasteiger partial charge in [-0.1, -0.05) is 18.2 Å². The quantitative estimate of drug-likeness (QED) is 0.691. The minimum Gasteiger partial charge on any atom is -0.378 e. The summed E-state index contributed by atoms with van der Waals surface area (Å²) in [6.07, 6.45) is 2.88. The number of ether oxygens (including phenoxy) is 1. The van der Waals surface area contributed by atoms with Crippen molar-refractivity contribution < 1.29 is 13.9 Å². The van der Waals surface area contributed by atoms with Crippen LogP contribution in [0.3, 0.4) is 0 Å². The Morgan fingerprint density at radius 2 is 1.86 bits per heavy atom. The molecular weight excluding hydrogens is 373 g/mol. The number of rotatable bonds is 5. The van der Waals surface area contributed by atoms with E-state index in [0.29, 0.717) is 24.7 Å². The average molecular weight is 393 g/mol. The van der Waals surface area contributed by atoms with Crippen molar-refractivity contribution in [1.29, 1.82) is 0 Å². The zero-order valence-electron chi connectivity index (χ0n) is 15.6. The van der Waals surface area contributed by atoms with Gasteiger partial charge in [0.2, 0.25) is 0 Å². The van der Waals surface area contributed by atoms with Gasteiger partial charge in [0.15, 0.2) is 0 Å². The van der Waals surface area contributed by atoms with Crippen LogP contribution < -0.4 is 15.5 Å². The molecule has 1 saturated heterocycles. The Bertz CT molecular complexity index is 990. The predicted molar refractivity (Wildman–Crippen MR) is 109 cm³/mol. The molecule has 0 aliphatic carbocycles. The number of halogens is 1. The largest absolute Gasteiger partial charge is 0.378 e. The number of carbonyl (C=O) groups excluding carboxylic acids is 1. The Morgan fingerprint density at radius 1 is 1.03 bits per heavy atom. The summed E-state index contributed by atoms with van der Waals surface area (Å²) in [5.74, 6) is -0.358. The molecule has 4 rings (SSSR count). The van der Waals surface area contributed by atoms with Gasteiger partial charge >= 0.3 is 0 Å². The smallest absolute Gasteiger partial charge is 0.275 e. The molecule has 148 valence electrons. The first-order valence-electron chi connectivity index (χ1n) is 9.27. The lowest BCUT2D eigenvalue weighted by Gasteiger charge is -2.30. The van der Waals surface area contributed by atoms with Crippen LogP contribution in [0.15, 0.2) is 60.9 Å². The van der Waals surface area contributed by atoms with Crippen LogP contribution in [0.5, 0.6) is 0 Å². The summed E-state index contributed by atoms with van der Waals surface area (Å²) in [5, 5.41) is 5.86. The average Bonchev–Trinajstić information content (AvgIpc) is 2.75. The Balaban J connectivity index is 1.45. The van der Waals surface area contributed by atoms with Crippen molar-refractivity contribution in [2.24, 2.45) is 0 Å². The van der Waals surface area contributed by atoms with Crippen molar-refractivity contribution in [2.45, 2.75) is 0 Å². The summed E-state index contributed by atoms with van der Waals surface area (Å²) in [5.41, 5.74) is 2.46. The molecule has 0 atom stereocenters. The number of nitrogens with one attached hydrogen (secondary N) is 2. The highest BCUT2D eigenvalue weighted by Gasteiger charge is 2.15. The van der Waals surface area contributed by atoms with Gasteiger partial charge < -0.3 is 20.3 Å². The van der Waals surface area contributed by atoms with E-state index in [4.69, 9.17) is 4.74 Å². The zero-order valence-corrected chi connectivity index (χ0v) is 15.6. The first-order chi connectivity index (χ1) is 14.2. The van der Waals surface area contributed by atoms with Crippen LogP contribution in [0.1, 0.15) is 10.5 Å². The Morgan fingerprint density at radius 3 is 2.62 bits per heavy atom. The van der Waals surface area contributed by atoms with Crippen molar-refractivity contribution in [3.8, 4) is 0 Å². The first kappa shape index (κ1) is 18.8. The molecule has 2 N–H and O–H groups in total. The molecular formula is C21H20FN5O2. The molecule has 1 aliphatic rings. The molecule has 1 aliphatic heterocycles. The Kier molecular flexibility index (Phi) is 5.62. The number of benzene rings is 2. The molecule has 8 heteroatoms. The summed E-state index contributed by atoms with van der Waals surface area (Å²) in [6.45, 7) is 3.04. The second-order valence-corrected chi connectivity index (χ2v) is 6.49. The van der Waals surface area contributed by atoms with Crippen LogP contribution >= 0.6 is 0 Å². The number of hydrogen-bond donors (Lipinski definition) is 2. The van der Waals surface area contributed by atoms with E-state index >= 15 is 0 Å². The van der Waals surface area contributed by atoms with E-state index in [2.05, 4.69) is 25.5 Å². The van der Waals surface area contributed by atoms with E-state index in [1.807, 2.05) is 24.3 Å². The van der Waals surface area contributed by atoms with Gasteiger partial charge in [-0.05, 0) is 30.3 Å². The lowest BCUT2D eigenvalue weighted by atomic mass is 10.2. The molecule has 29 heavy (non-hydrogen) atoms. The second kappa shape index (κ2) is 8.66. The minimum absolute atomic E-state index is 0.140. The molecule has 2 heterocycles. The number of morpholine rings is 1. The van der Waals surface area contributed by atoms with Crippen molar-refractivity contribution in [2.75, 3.05) is 41.8 Å². The normalized spacial score (nSPS) is 13.8. The fourth-order valence-electron chi connectivity index (χ4n) is 3.07. The van der Waals surface area contributed by atoms with Crippen molar-refractivity contribution in [3.63, 3.8) is 0 Å². The van der Waals surface area contributed by atoms with Gasteiger partial charge in [0.05, 0.1) is 37.0 Å². The summed E-state index contributed by atoms with van der Waals surface area (Å²) >= 11 is 0. The number of amides is 1. The summed E-state index contributed by atoms with van der Waals surface area (Å²) < 4.78 is 18.7. The number of anilines is 4. The number of carbonyl (C=O) groups is 1. The van der Waals surface area contributed by atoms with Crippen LogP contribution in [-0.4, -0.2) is 42.2 Å². The van der Waals surface area contributed by atoms with Gasteiger partial charge in [0, 0.05) is 18.8 Å². The fraction of sp³-hybridized carbons (Fsp3) is 0.190. The molecule has 0 saturated carbocycles. The van der Waals surface area contributed by atoms with E-state index in [9.17, 15) is 9.18 Å². The van der Waals surface area contributed by atoms with Gasteiger partial charge in [-0.2, -0.15) is 0 Å². The van der Waals surface area contributed by atoms with Crippen LogP contribution in [0.25, 0.3) is 0 Å². The Labute approximate surface area is 167 Å². The van der Waals surface area contributed by atoms with Crippen molar-refractivity contribution in [3.05, 3.63) is 72.4 Å². The predicted octanol–water partition coefficient (Wildman–Crippen LogP) is 3.45. The third-order valence-electron chi connectivity index (χ3n) is 4.49. The van der Waals surface area contributed by atoms with Crippen LogP contribution in [0.4, 0.5) is 27.3 Å². The SMILES string of the molecule is O=C(Nc1cccc(F)c1)c1cnc(Nc2ccccc2N2CCOCC2)cn1. The molecule has 0 bridgehead atoms. The van der Waals surface area contributed by atoms with Crippen molar-refractivity contribution in [1.82, 2.24) is 9.97 Å². The lowest BCUT2D eigenvalue weighted by Crippen LogP contribution is -2.36. The first-order valence-corrected chi connectivity index (χ1v) is 9.27. The maximum atomic E-state index is 13.2. The van der Waals surface area contributed by atoms with E-state index in [1.165, 1.54) is 30.6 Å². The topological polar surface area (TPSA) is 79.4 Å². The highest BCUT2D eigenvalue weighted by atomic mass is 19.1. The van der Waals surface area contributed by atoms with Crippen LogP contribution in [-0.2, 0) is 4.74 Å². The highest BCUT2D eigenvalue weighted by molar-refractivity contribution is 6.02. The molecule has 0 spiro atoms. The van der Waals surface area contributed by atoms with E-state index in [1.54, 1.807) is 6.07 Å². The van der Waals surface area contributed by atoms with Gasteiger partial charge in [0.1, 0.15) is 17.3 Å². The maximum absolute atomic E-state index is 13.2. The number of hydrogen-bond acceptors (Lipinski definition) is 6. The maximum Gasteiger partial charge on any atom is 0.275 e. The minimum atomic E-state index is -0.455. The summed E-state index contributed by atoms with van der Waals surface area (Å²) in [6, 6.07) is 13.6. The molecule has 1 amide bonds. The second-order valence-electron chi connectivity index (χ2n) is 6.49.